The maximum absolute atomic E-state index is 12.4. The molecule has 6 nitrogen and oxygen atoms in total. The fourth-order valence-electron chi connectivity index (χ4n) is 2.09. The molecule has 0 unspecified atom stereocenters. The van der Waals surface area contributed by atoms with Crippen LogP contribution in [0.3, 0.4) is 0 Å². The number of amides is 1. The molecule has 3 rings (SSSR count). The van der Waals surface area contributed by atoms with Gasteiger partial charge in [-0.1, -0.05) is 47.1 Å². The molecule has 0 aliphatic heterocycles. The Morgan fingerprint density at radius 2 is 2.08 bits per heavy atom. The predicted octanol–water partition coefficient (Wildman–Crippen LogP) is 4.37. The number of nitrogens with one attached hydrogen (secondary N) is 1. The number of fused-ring (bicyclic) bond motifs is 1. The minimum atomic E-state index is -2.99. The molecule has 0 radical (unpaired) electrons. The summed E-state index contributed by atoms with van der Waals surface area (Å²) >= 11 is 13.1. The van der Waals surface area contributed by atoms with Crippen molar-refractivity contribution in [3.8, 4) is 5.75 Å². The molecule has 0 saturated carbocycles. The number of benzene rings is 1. The normalized spacial score (nSPS) is 11.1. The van der Waals surface area contributed by atoms with E-state index in [1.165, 1.54) is 24.3 Å². The van der Waals surface area contributed by atoms with Gasteiger partial charge in [0.1, 0.15) is 5.75 Å². The molecule has 2 aromatic heterocycles. The van der Waals surface area contributed by atoms with Gasteiger partial charge in [0.05, 0.1) is 21.5 Å². The number of aromatic nitrogens is 3. The Labute approximate surface area is 160 Å². The zero-order valence-electron chi connectivity index (χ0n) is 12.8. The number of carbonyl (C=O) groups excluding carboxylic acids is 1. The number of carbonyl (C=O) groups is 1. The quantitative estimate of drug-likeness (QED) is 0.601. The first kappa shape index (κ1) is 18.7. The van der Waals surface area contributed by atoms with Gasteiger partial charge >= 0.3 is 6.61 Å². The monoisotopic (exact) mass is 418 g/mol. The summed E-state index contributed by atoms with van der Waals surface area (Å²) in [7, 11) is 0. The highest BCUT2D eigenvalue weighted by Crippen LogP contribution is 2.27. The number of hydrogen-bond donors (Lipinski definition) is 1. The van der Waals surface area contributed by atoms with Crippen molar-refractivity contribution < 1.29 is 18.3 Å². The molecule has 136 valence electrons. The summed E-state index contributed by atoms with van der Waals surface area (Å²) in [6.07, 6.45) is 1.58. The van der Waals surface area contributed by atoms with Crippen LogP contribution in [0.4, 0.5) is 14.5 Å². The summed E-state index contributed by atoms with van der Waals surface area (Å²) < 4.78 is 30.7. The lowest BCUT2D eigenvalue weighted by Crippen LogP contribution is -2.15. The Morgan fingerprint density at radius 3 is 2.85 bits per heavy atom. The van der Waals surface area contributed by atoms with Gasteiger partial charge in [0, 0.05) is 6.20 Å². The summed E-state index contributed by atoms with van der Waals surface area (Å²) in [5.41, 5.74) is 0.560. The van der Waals surface area contributed by atoms with Crippen LogP contribution in [0.15, 0.2) is 41.7 Å². The molecule has 0 saturated heterocycles. The van der Waals surface area contributed by atoms with Crippen LogP contribution in [0.5, 0.6) is 5.75 Å². The molecule has 0 aliphatic rings. The third-order valence-corrected chi connectivity index (χ3v) is 4.53. The lowest BCUT2D eigenvalue weighted by molar-refractivity contribution is -0.113. The van der Waals surface area contributed by atoms with Crippen LogP contribution in [0.2, 0.25) is 10.0 Å². The molecule has 1 amide bonds. The van der Waals surface area contributed by atoms with Gasteiger partial charge in [-0.2, -0.15) is 8.78 Å². The summed E-state index contributed by atoms with van der Waals surface area (Å²) in [5.74, 6) is -0.578. The van der Waals surface area contributed by atoms with E-state index in [1.54, 1.807) is 16.7 Å². The number of alkyl halides is 2. The molecular weight excluding hydrogens is 409 g/mol. The van der Waals surface area contributed by atoms with Crippen molar-refractivity contribution in [2.75, 3.05) is 11.1 Å². The van der Waals surface area contributed by atoms with Crippen molar-refractivity contribution in [2.24, 2.45) is 0 Å². The largest absolute Gasteiger partial charge is 0.433 e. The van der Waals surface area contributed by atoms with Gasteiger partial charge in [-0.25, -0.2) is 0 Å². The average Bonchev–Trinajstić information content (AvgIpc) is 2.97. The van der Waals surface area contributed by atoms with E-state index >= 15 is 0 Å². The van der Waals surface area contributed by atoms with E-state index in [2.05, 4.69) is 20.3 Å². The first-order chi connectivity index (χ1) is 12.4. The van der Waals surface area contributed by atoms with E-state index < -0.39 is 12.5 Å². The van der Waals surface area contributed by atoms with Crippen LogP contribution in [-0.2, 0) is 4.79 Å². The second kappa shape index (κ2) is 8.07. The maximum atomic E-state index is 12.4. The maximum Gasteiger partial charge on any atom is 0.387 e. The topological polar surface area (TPSA) is 68.5 Å². The molecule has 0 spiro atoms. The first-order valence-corrected chi connectivity index (χ1v) is 8.84. The molecule has 0 bridgehead atoms. The first-order valence-electron chi connectivity index (χ1n) is 7.10. The number of hydrogen-bond acceptors (Lipinski definition) is 5. The number of ether oxygens (including phenoxy) is 1. The molecule has 11 heteroatoms. The summed E-state index contributed by atoms with van der Waals surface area (Å²) in [6, 6.07) is 7.46. The Hall–Kier alpha value is -2.10. The molecule has 0 fully saturated rings. The van der Waals surface area contributed by atoms with Gasteiger partial charge in [0.15, 0.2) is 10.8 Å². The molecule has 0 atom stereocenters. The Kier molecular flexibility index (Phi) is 5.80. The lowest BCUT2D eigenvalue weighted by Gasteiger charge is -2.11. The van der Waals surface area contributed by atoms with E-state index in [0.29, 0.717) is 20.8 Å². The smallest absolute Gasteiger partial charge is 0.387 e. The molecule has 1 aromatic carbocycles. The van der Waals surface area contributed by atoms with Crippen molar-refractivity contribution in [1.82, 2.24) is 14.6 Å². The van der Waals surface area contributed by atoms with Gasteiger partial charge in [-0.15, -0.1) is 10.2 Å². The average molecular weight is 419 g/mol. The Balaban J connectivity index is 1.69. The predicted molar refractivity (Wildman–Crippen MR) is 95.4 cm³/mol. The van der Waals surface area contributed by atoms with Gasteiger partial charge in [0.25, 0.3) is 0 Å². The van der Waals surface area contributed by atoms with Gasteiger partial charge < -0.3 is 10.1 Å². The number of nitrogens with zero attached hydrogens (tertiary/aromatic N) is 3. The van der Waals surface area contributed by atoms with Crippen LogP contribution in [0.25, 0.3) is 5.65 Å². The van der Waals surface area contributed by atoms with Crippen molar-refractivity contribution in [3.63, 3.8) is 0 Å². The Bertz CT molecular complexity index is 955. The number of para-hydroxylation sites is 2. The van der Waals surface area contributed by atoms with E-state index in [-0.39, 0.29) is 17.2 Å². The highest BCUT2D eigenvalue weighted by atomic mass is 35.5. The Morgan fingerprint density at radius 1 is 1.31 bits per heavy atom. The van der Waals surface area contributed by atoms with Crippen LogP contribution >= 0.6 is 35.0 Å². The van der Waals surface area contributed by atoms with Crippen molar-refractivity contribution >= 4 is 52.2 Å². The third kappa shape index (κ3) is 4.35. The molecule has 0 aliphatic carbocycles. The van der Waals surface area contributed by atoms with Gasteiger partial charge in [0.2, 0.25) is 5.91 Å². The van der Waals surface area contributed by atoms with Crippen LogP contribution < -0.4 is 10.1 Å². The fraction of sp³-hybridized carbons (Fsp3) is 0.133. The van der Waals surface area contributed by atoms with Crippen LogP contribution in [0.1, 0.15) is 0 Å². The van der Waals surface area contributed by atoms with Gasteiger partial charge in [-0.3, -0.25) is 9.20 Å². The molecule has 2 heterocycles. The molecule has 3 aromatic rings. The van der Waals surface area contributed by atoms with E-state index in [9.17, 15) is 13.6 Å². The third-order valence-electron chi connectivity index (χ3n) is 3.10. The SMILES string of the molecule is O=C(CSc1nnc2c(Cl)cc(Cl)cn12)Nc1ccccc1OC(F)F. The van der Waals surface area contributed by atoms with Crippen molar-refractivity contribution in [1.29, 1.82) is 0 Å². The number of anilines is 1. The lowest BCUT2D eigenvalue weighted by atomic mass is 10.3. The number of thioether (sulfide) groups is 1. The number of rotatable bonds is 6. The zero-order chi connectivity index (χ0) is 18.7. The number of halogens is 4. The van der Waals surface area contributed by atoms with Crippen molar-refractivity contribution in [3.05, 3.63) is 46.6 Å². The molecule has 1 N–H and O–H groups in total. The van der Waals surface area contributed by atoms with Crippen molar-refractivity contribution in [2.45, 2.75) is 11.8 Å². The molecule has 26 heavy (non-hydrogen) atoms. The second-order valence-corrected chi connectivity index (χ2v) is 6.68. The minimum Gasteiger partial charge on any atom is -0.433 e. The van der Waals surface area contributed by atoms with Crippen LogP contribution in [0, 0.1) is 0 Å². The summed E-state index contributed by atoms with van der Waals surface area (Å²) in [4.78, 5) is 12.1. The van der Waals surface area contributed by atoms with E-state index in [1.807, 2.05) is 0 Å². The highest BCUT2D eigenvalue weighted by molar-refractivity contribution is 7.99. The minimum absolute atomic E-state index is 0.0338. The summed E-state index contributed by atoms with van der Waals surface area (Å²) in [5, 5.41) is 11.6. The van der Waals surface area contributed by atoms with Crippen LogP contribution in [-0.4, -0.2) is 32.9 Å². The standard InChI is InChI=1S/C15H10Cl2F2N4O2S/c16-8-5-9(17)13-21-22-15(23(13)6-8)26-7-12(24)20-10-3-1-2-4-11(10)25-14(18)19/h1-6,14H,7H2,(H,20,24). The van der Waals surface area contributed by atoms with E-state index in [0.717, 1.165) is 11.8 Å². The second-order valence-electron chi connectivity index (χ2n) is 4.89. The molecular formula is C15H10Cl2F2N4O2S. The highest BCUT2D eigenvalue weighted by Gasteiger charge is 2.14. The van der Waals surface area contributed by atoms with E-state index in [4.69, 9.17) is 23.2 Å². The fourth-order valence-corrected chi connectivity index (χ4v) is 3.30. The zero-order valence-corrected chi connectivity index (χ0v) is 15.2. The summed E-state index contributed by atoms with van der Waals surface area (Å²) in [6.45, 7) is -2.99. The van der Waals surface area contributed by atoms with Gasteiger partial charge in [-0.05, 0) is 18.2 Å². The number of pyridine rings is 1.